The first-order valence-corrected chi connectivity index (χ1v) is 12.0. The van der Waals surface area contributed by atoms with Crippen molar-refractivity contribution in [1.29, 1.82) is 0 Å². The molecule has 1 heteroatoms. The summed E-state index contributed by atoms with van der Waals surface area (Å²) < 4.78 is 0. The van der Waals surface area contributed by atoms with Gasteiger partial charge in [0, 0.05) is 0 Å². The van der Waals surface area contributed by atoms with E-state index in [4.69, 9.17) is 0 Å². The molecule has 0 saturated carbocycles. The summed E-state index contributed by atoms with van der Waals surface area (Å²) in [6.07, 6.45) is 8.83. The molecule has 92 valence electrons. The third-order valence-electron chi connectivity index (χ3n) is 2.90. The zero-order valence-electron chi connectivity index (χ0n) is 11.4. The molecule has 0 aliphatic carbocycles. The molecule has 0 atom stereocenters. The summed E-state index contributed by atoms with van der Waals surface area (Å²) in [6, 6.07) is 0. The van der Waals surface area contributed by atoms with Gasteiger partial charge in [0.2, 0.25) is 0 Å². The number of hydrogen-bond acceptors (Lipinski definition) is 0. The molecule has 0 bridgehead atoms. The molecule has 0 nitrogen and oxygen atoms in total. The predicted octanol–water partition coefficient (Wildman–Crippen LogP) is 5.42. The van der Waals surface area contributed by atoms with E-state index in [9.17, 15) is 0 Å². The summed E-state index contributed by atoms with van der Waals surface area (Å²) in [5.41, 5.74) is 0. The average molecular weight is 273 g/mol. The van der Waals surface area contributed by atoms with Crippen LogP contribution in [0.25, 0.3) is 0 Å². The normalized spacial score (nSPS) is 9.87. The van der Waals surface area contributed by atoms with Crippen molar-refractivity contribution < 1.29 is 0 Å². The van der Waals surface area contributed by atoms with Crippen molar-refractivity contribution in [2.45, 2.75) is 75.1 Å². The summed E-state index contributed by atoms with van der Waals surface area (Å²) >= 11 is -0.752. The first kappa shape index (κ1) is 17.7. The van der Waals surface area contributed by atoms with Crippen LogP contribution in [0.1, 0.15) is 59.3 Å². The third-order valence-corrected chi connectivity index (χ3v) is 10.6. The van der Waals surface area contributed by atoms with Crippen molar-refractivity contribution in [3.63, 3.8) is 0 Å². The summed E-state index contributed by atoms with van der Waals surface area (Å²) in [4.78, 5) is 0. The Bertz CT molecular complexity index is 82.5. The topological polar surface area (TPSA) is 0 Å². The van der Waals surface area contributed by atoms with Crippen molar-refractivity contribution in [3.05, 3.63) is 13.2 Å². The van der Waals surface area contributed by atoms with E-state index in [2.05, 4.69) is 33.9 Å². The van der Waals surface area contributed by atoms with Gasteiger partial charge in [-0.25, -0.2) is 0 Å². The van der Waals surface area contributed by atoms with Gasteiger partial charge < -0.3 is 0 Å². The first-order chi connectivity index (χ1) is 7.35. The number of unbranched alkanes of at least 4 members (excludes halogenated alkanes) is 3. The fourth-order valence-electron chi connectivity index (χ4n) is 1.91. The summed E-state index contributed by atoms with van der Waals surface area (Å²) in [7, 11) is 0. The fourth-order valence-corrected chi connectivity index (χ4v) is 9.93. The predicted molar refractivity (Wildman–Crippen MR) is 77.5 cm³/mol. The first-order valence-electron chi connectivity index (χ1n) is 6.85. The summed E-state index contributed by atoms with van der Waals surface area (Å²) in [5.74, 6) is 0. The third kappa shape index (κ3) is 14.3. The molecule has 0 spiro atoms. The average Bonchev–Trinajstić information content (AvgIpc) is 2.31. The zero-order valence-corrected chi connectivity index (χ0v) is 13.8. The van der Waals surface area contributed by atoms with Crippen LogP contribution in [0.15, 0.2) is 13.2 Å². The summed E-state index contributed by atoms with van der Waals surface area (Å²) in [5, 5.41) is 5.01. The Morgan fingerprint density at radius 1 is 0.667 bits per heavy atom. The van der Waals surface area contributed by atoms with Crippen LogP contribution < -0.4 is 0 Å². The van der Waals surface area contributed by atoms with E-state index >= 15 is 0 Å². The van der Waals surface area contributed by atoms with E-state index in [0.717, 1.165) is 0 Å². The van der Waals surface area contributed by atoms with Crippen molar-refractivity contribution >= 4 is 14.3 Å². The van der Waals surface area contributed by atoms with Crippen LogP contribution in [-0.2, 0) is 0 Å². The van der Waals surface area contributed by atoms with E-state index in [1.807, 2.05) is 0 Å². The van der Waals surface area contributed by atoms with Crippen LogP contribution in [0.3, 0.4) is 0 Å². The Hall–Kier alpha value is 0.283. The van der Waals surface area contributed by atoms with Crippen molar-refractivity contribution in [1.82, 2.24) is 0 Å². The molecule has 0 radical (unpaired) electrons. The second kappa shape index (κ2) is 16.7. The SMILES string of the molecule is C=C.CCC[CH2][GeH]([CH2]CCC)[CH2]CCC. The molecule has 0 unspecified atom stereocenters. The molecule has 0 rings (SSSR count). The number of hydrogen-bond donors (Lipinski definition) is 0. The minimum atomic E-state index is -0.752. The Balaban J connectivity index is 0. The molecule has 0 fully saturated rings. The maximum absolute atomic E-state index is 3.00. The Labute approximate surface area is 103 Å². The Kier molecular flexibility index (Phi) is 19.7. The van der Waals surface area contributed by atoms with Crippen LogP contribution in [-0.4, -0.2) is 14.3 Å². The van der Waals surface area contributed by atoms with Gasteiger partial charge in [-0.1, -0.05) is 0 Å². The molecule has 0 heterocycles. The fraction of sp³-hybridized carbons (Fsp3) is 0.857. The van der Waals surface area contributed by atoms with E-state index in [-0.39, 0.29) is 0 Å². The molecule has 0 saturated heterocycles. The molecule has 0 aromatic carbocycles. The van der Waals surface area contributed by atoms with Gasteiger partial charge in [-0.2, -0.15) is 0 Å². The standard InChI is InChI=1S/C12H28Ge.C2H4/c1-4-7-10-13(11-8-5-2)12-9-6-3;1-2/h13H,4-12H2,1-3H3;1-2H2. The maximum atomic E-state index is 3.00. The molecule has 0 aromatic rings. The second-order valence-electron chi connectivity index (χ2n) is 4.29. The van der Waals surface area contributed by atoms with Gasteiger partial charge in [-0.15, -0.1) is 13.2 Å². The van der Waals surface area contributed by atoms with Crippen LogP contribution in [0.5, 0.6) is 0 Å². The van der Waals surface area contributed by atoms with E-state index in [0.29, 0.717) is 0 Å². The quantitative estimate of drug-likeness (QED) is 0.389. The Morgan fingerprint density at radius 2 is 0.933 bits per heavy atom. The molecular formula is C14H32Ge. The van der Waals surface area contributed by atoms with Gasteiger partial charge in [-0.05, 0) is 0 Å². The number of rotatable bonds is 9. The van der Waals surface area contributed by atoms with Crippen LogP contribution in [0, 0.1) is 0 Å². The van der Waals surface area contributed by atoms with Crippen LogP contribution in [0.2, 0.25) is 15.8 Å². The van der Waals surface area contributed by atoms with Gasteiger partial charge >= 0.3 is 89.4 Å². The van der Waals surface area contributed by atoms with Gasteiger partial charge in [-0.3, -0.25) is 0 Å². The molecule has 0 amide bonds. The molecule has 0 aromatic heterocycles. The van der Waals surface area contributed by atoms with E-state index < -0.39 is 14.3 Å². The zero-order chi connectivity index (χ0) is 11.9. The molecule has 0 aliphatic heterocycles. The summed E-state index contributed by atoms with van der Waals surface area (Å²) in [6.45, 7) is 13.0. The van der Waals surface area contributed by atoms with E-state index in [1.54, 1.807) is 15.8 Å². The van der Waals surface area contributed by atoms with Gasteiger partial charge in [0.1, 0.15) is 0 Å². The van der Waals surface area contributed by atoms with Crippen molar-refractivity contribution in [3.8, 4) is 0 Å². The molecule has 15 heavy (non-hydrogen) atoms. The van der Waals surface area contributed by atoms with Gasteiger partial charge in [0.15, 0.2) is 0 Å². The van der Waals surface area contributed by atoms with Crippen molar-refractivity contribution in [2.75, 3.05) is 0 Å². The molecule has 0 N–H and O–H groups in total. The minimum absolute atomic E-state index is 0.752. The van der Waals surface area contributed by atoms with E-state index in [1.165, 1.54) is 38.5 Å². The molecule has 0 aliphatic rings. The van der Waals surface area contributed by atoms with Crippen LogP contribution in [0.4, 0.5) is 0 Å². The van der Waals surface area contributed by atoms with Gasteiger partial charge in [0.05, 0.1) is 0 Å². The Morgan fingerprint density at radius 3 is 1.13 bits per heavy atom. The van der Waals surface area contributed by atoms with Crippen molar-refractivity contribution in [2.24, 2.45) is 0 Å². The van der Waals surface area contributed by atoms with Crippen LogP contribution >= 0.6 is 0 Å². The monoisotopic (exact) mass is 274 g/mol. The second-order valence-corrected chi connectivity index (χ2v) is 11.6. The van der Waals surface area contributed by atoms with Gasteiger partial charge in [0.25, 0.3) is 0 Å². The molecular weight excluding hydrogens is 241 g/mol.